The zero-order chi connectivity index (χ0) is 14.8. The molecule has 0 radical (unpaired) electrons. The van der Waals surface area contributed by atoms with E-state index in [0.29, 0.717) is 13.2 Å². The van der Waals surface area contributed by atoms with Gasteiger partial charge in [-0.15, -0.1) is 0 Å². The van der Waals surface area contributed by atoms with Crippen molar-refractivity contribution in [1.29, 1.82) is 0 Å². The lowest BCUT2D eigenvalue weighted by Crippen LogP contribution is -2.19. The van der Waals surface area contributed by atoms with E-state index in [1.165, 1.54) is 5.56 Å². The summed E-state index contributed by atoms with van der Waals surface area (Å²) >= 11 is 0. The van der Waals surface area contributed by atoms with E-state index in [-0.39, 0.29) is 0 Å². The van der Waals surface area contributed by atoms with E-state index in [9.17, 15) is 0 Å². The van der Waals surface area contributed by atoms with Crippen LogP contribution in [0, 0.1) is 0 Å². The van der Waals surface area contributed by atoms with Crippen LogP contribution in [-0.4, -0.2) is 36.8 Å². The molecule has 0 atom stereocenters. The Morgan fingerprint density at radius 2 is 2.10 bits per heavy atom. The number of hydrogen-bond donors (Lipinski definition) is 1. The fraction of sp³-hybridized carbons (Fsp3) is 0.375. The van der Waals surface area contributed by atoms with Crippen molar-refractivity contribution in [2.24, 2.45) is 0 Å². The van der Waals surface area contributed by atoms with Gasteiger partial charge in [0, 0.05) is 39.0 Å². The van der Waals surface area contributed by atoms with Crippen molar-refractivity contribution in [2.75, 3.05) is 26.9 Å². The number of rotatable bonds is 9. The Balaban J connectivity index is 1.69. The SMILES string of the molecule is COCCNCc1ccc(OCCc2cccnc2)cn1. The van der Waals surface area contributed by atoms with Gasteiger partial charge in [-0.1, -0.05) is 6.07 Å². The van der Waals surface area contributed by atoms with Gasteiger partial charge in [0.25, 0.3) is 0 Å². The smallest absolute Gasteiger partial charge is 0.137 e. The van der Waals surface area contributed by atoms with Crippen LogP contribution < -0.4 is 10.1 Å². The fourth-order valence-electron chi connectivity index (χ4n) is 1.82. The first-order valence-corrected chi connectivity index (χ1v) is 7.05. The molecule has 0 aliphatic heterocycles. The lowest BCUT2D eigenvalue weighted by atomic mass is 10.2. The minimum absolute atomic E-state index is 0.624. The molecule has 0 saturated heterocycles. The maximum atomic E-state index is 5.68. The highest BCUT2D eigenvalue weighted by atomic mass is 16.5. The highest BCUT2D eigenvalue weighted by molar-refractivity contribution is 5.20. The normalized spacial score (nSPS) is 10.5. The Labute approximate surface area is 125 Å². The average molecular weight is 287 g/mol. The first-order valence-electron chi connectivity index (χ1n) is 7.05. The van der Waals surface area contributed by atoms with Crippen LogP contribution in [0.4, 0.5) is 0 Å². The Kier molecular flexibility index (Phi) is 6.64. The van der Waals surface area contributed by atoms with E-state index in [4.69, 9.17) is 9.47 Å². The molecule has 5 heteroatoms. The summed E-state index contributed by atoms with van der Waals surface area (Å²) in [7, 11) is 1.69. The van der Waals surface area contributed by atoms with Crippen molar-refractivity contribution in [1.82, 2.24) is 15.3 Å². The molecular weight excluding hydrogens is 266 g/mol. The maximum absolute atomic E-state index is 5.68. The van der Waals surface area contributed by atoms with Gasteiger partial charge in [0.05, 0.1) is 25.1 Å². The van der Waals surface area contributed by atoms with Crippen LogP contribution in [0.5, 0.6) is 5.75 Å². The molecule has 1 N–H and O–H groups in total. The monoisotopic (exact) mass is 287 g/mol. The van der Waals surface area contributed by atoms with Crippen molar-refractivity contribution < 1.29 is 9.47 Å². The molecule has 0 bridgehead atoms. The van der Waals surface area contributed by atoms with Gasteiger partial charge in [0.2, 0.25) is 0 Å². The fourth-order valence-corrected chi connectivity index (χ4v) is 1.82. The quantitative estimate of drug-likeness (QED) is 0.713. The van der Waals surface area contributed by atoms with Crippen LogP contribution in [0.2, 0.25) is 0 Å². The van der Waals surface area contributed by atoms with E-state index in [2.05, 4.69) is 15.3 Å². The summed E-state index contributed by atoms with van der Waals surface area (Å²) in [5, 5.41) is 3.25. The van der Waals surface area contributed by atoms with E-state index in [0.717, 1.165) is 31.0 Å². The second-order valence-electron chi connectivity index (χ2n) is 4.61. The van der Waals surface area contributed by atoms with Crippen LogP contribution in [0.25, 0.3) is 0 Å². The number of methoxy groups -OCH3 is 1. The van der Waals surface area contributed by atoms with Crippen molar-refractivity contribution >= 4 is 0 Å². The number of aromatic nitrogens is 2. The summed E-state index contributed by atoms with van der Waals surface area (Å²) in [5.41, 5.74) is 2.16. The molecule has 2 aromatic heterocycles. The van der Waals surface area contributed by atoms with Gasteiger partial charge >= 0.3 is 0 Å². The summed E-state index contributed by atoms with van der Waals surface area (Å²) in [4.78, 5) is 8.44. The highest BCUT2D eigenvalue weighted by Gasteiger charge is 1.98. The average Bonchev–Trinajstić information content (AvgIpc) is 2.54. The lowest BCUT2D eigenvalue weighted by Gasteiger charge is -2.07. The number of ether oxygens (including phenoxy) is 2. The van der Waals surface area contributed by atoms with E-state index < -0.39 is 0 Å². The largest absolute Gasteiger partial charge is 0.492 e. The van der Waals surface area contributed by atoms with Gasteiger partial charge in [-0.2, -0.15) is 0 Å². The summed E-state index contributed by atoms with van der Waals surface area (Å²) < 4.78 is 10.6. The summed E-state index contributed by atoms with van der Waals surface area (Å²) in [5.74, 6) is 0.791. The molecule has 2 heterocycles. The Bertz CT molecular complexity index is 503. The third kappa shape index (κ3) is 5.89. The summed E-state index contributed by atoms with van der Waals surface area (Å²) in [6.45, 7) is 2.88. The molecule has 0 spiro atoms. The summed E-state index contributed by atoms with van der Waals surface area (Å²) in [6.07, 6.45) is 6.23. The second kappa shape index (κ2) is 9.05. The molecule has 0 unspecified atom stereocenters. The summed E-state index contributed by atoms with van der Waals surface area (Å²) in [6, 6.07) is 7.90. The first-order chi connectivity index (χ1) is 10.4. The number of pyridine rings is 2. The van der Waals surface area contributed by atoms with Gasteiger partial charge in [-0.25, -0.2) is 0 Å². The van der Waals surface area contributed by atoms with Crippen molar-refractivity contribution in [2.45, 2.75) is 13.0 Å². The van der Waals surface area contributed by atoms with Crippen LogP contribution in [0.15, 0.2) is 42.9 Å². The molecule has 21 heavy (non-hydrogen) atoms. The zero-order valence-electron chi connectivity index (χ0n) is 12.3. The first kappa shape index (κ1) is 15.4. The van der Waals surface area contributed by atoms with Gasteiger partial charge in [-0.3, -0.25) is 9.97 Å². The molecule has 2 rings (SSSR count). The molecule has 0 saturated carbocycles. The topological polar surface area (TPSA) is 56.3 Å². The van der Waals surface area contributed by atoms with Gasteiger partial charge in [0.15, 0.2) is 0 Å². The Morgan fingerprint density at radius 1 is 1.14 bits per heavy atom. The lowest BCUT2D eigenvalue weighted by molar-refractivity contribution is 0.199. The van der Waals surface area contributed by atoms with Crippen LogP contribution in [-0.2, 0) is 17.7 Å². The molecule has 2 aromatic rings. The standard InChI is InChI=1S/C16H21N3O2/c1-20-10-8-18-12-15-4-5-16(13-19-15)21-9-6-14-3-2-7-17-11-14/h2-5,7,11,13,18H,6,8-10,12H2,1H3. The molecule has 0 aliphatic carbocycles. The van der Waals surface area contributed by atoms with Crippen molar-refractivity contribution in [3.63, 3.8) is 0 Å². The van der Waals surface area contributed by atoms with Crippen molar-refractivity contribution in [3.8, 4) is 5.75 Å². The number of hydrogen-bond acceptors (Lipinski definition) is 5. The minimum atomic E-state index is 0.624. The maximum Gasteiger partial charge on any atom is 0.137 e. The van der Waals surface area contributed by atoms with Crippen LogP contribution >= 0.6 is 0 Å². The molecular formula is C16H21N3O2. The molecule has 0 aliphatic rings. The molecule has 0 aromatic carbocycles. The predicted octanol–water partition coefficient (Wildman–Crippen LogP) is 1.83. The second-order valence-corrected chi connectivity index (χ2v) is 4.61. The van der Waals surface area contributed by atoms with Crippen LogP contribution in [0.1, 0.15) is 11.3 Å². The van der Waals surface area contributed by atoms with Gasteiger partial charge < -0.3 is 14.8 Å². The Morgan fingerprint density at radius 3 is 2.81 bits per heavy atom. The molecule has 112 valence electrons. The highest BCUT2D eigenvalue weighted by Crippen LogP contribution is 2.09. The molecule has 0 amide bonds. The Hall–Kier alpha value is -1.98. The zero-order valence-corrected chi connectivity index (χ0v) is 12.3. The third-order valence-electron chi connectivity index (χ3n) is 2.97. The number of nitrogens with one attached hydrogen (secondary N) is 1. The molecule has 0 fully saturated rings. The van der Waals surface area contributed by atoms with Gasteiger partial charge in [-0.05, 0) is 23.8 Å². The van der Waals surface area contributed by atoms with E-state index in [1.807, 2.05) is 30.5 Å². The minimum Gasteiger partial charge on any atom is -0.492 e. The van der Waals surface area contributed by atoms with Crippen LogP contribution in [0.3, 0.4) is 0 Å². The number of nitrogens with zero attached hydrogens (tertiary/aromatic N) is 2. The van der Waals surface area contributed by atoms with Crippen molar-refractivity contribution in [3.05, 3.63) is 54.1 Å². The predicted molar refractivity (Wildman–Crippen MR) is 81.3 cm³/mol. The van der Waals surface area contributed by atoms with Gasteiger partial charge in [0.1, 0.15) is 5.75 Å². The third-order valence-corrected chi connectivity index (χ3v) is 2.97. The van der Waals surface area contributed by atoms with E-state index in [1.54, 1.807) is 19.5 Å². The van der Waals surface area contributed by atoms with E-state index >= 15 is 0 Å². The molecule has 5 nitrogen and oxygen atoms in total.